The number of rotatable bonds is 3. The first-order valence-electron chi connectivity index (χ1n) is 6.87. The molecule has 0 radical (unpaired) electrons. The van der Waals surface area contributed by atoms with E-state index in [0.717, 1.165) is 18.4 Å². The van der Waals surface area contributed by atoms with Crippen LogP contribution in [0.15, 0.2) is 40.9 Å². The van der Waals surface area contributed by atoms with Gasteiger partial charge in [0, 0.05) is 6.42 Å². The van der Waals surface area contributed by atoms with Crippen molar-refractivity contribution in [1.82, 2.24) is 0 Å². The van der Waals surface area contributed by atoms with Gasteiger partial charge >= 0.3 is 0 Å². The zero-order chi connectivity index (χ0) is 14.1. The lowest BCUT2D eigenvalue weighted by Crippen LogP contribution is -2.03. The van der Waals surface area contributed by atoms with Crippen LogP contribution >= 0.6 is 15.9 Å². The summed E-state index contributed by atoms with van der Waals surface area (Å²) in [5, 5.41) is 10.3. The Morgan fingerprint density at radius 3 is 2.70 bits per heavy atom. The van der Waals surface area contributed by atoms with Crippen molar-refractivity contribution in [2.75, 3.05) is 0 Å². The second-order valence-corrected chi connectivity index (χ2v) is 6.20. The molecular formula is C17H16BrFO. The Bertz CT molecular complexity index is 639. The molecule has 0 heterocycles. The van der Waals surface area contributed by atoms with Gasteiger partial charge in [0.25, 0.3) is 0 Å². The average molecular weight is 335 g/mol. The van der Waals surface area contributed by atoms with Gasteiger partial charge in [0.1, 0.15) is 5.82 Å². The van der Waals surface area contributed by atoms with Crippen LogP contribution in [0.25, 0.3) is 0 Å². The molecule has 2 aromatic carbocycles. The molecule has 1 aliphatic rings. The molecule has 0 aliphatic heterocycles. The fourth-order valence-corrected chi connectivity index (χ4v) is 3.06. The molecule has 20 heavy (non-hydrogen) atoms. The van der Waals surface area contributed by atoms with Crippen molar-refractivity contribution in [2.24, 2.45) is 0 Å². The predicted octanol–water partition coefficient (Wildman–Crippen LogP) is 4.35. The minimum Gasteiger partial charge on any atom is -0.388 e. The highest BCUT2D eigenvalue weighted by Gasteiger charge is 2.14. The lowest BCUT2D eigenvalue weighted by Gasteiger charge is -2.13. The Hall–Kier alpha value is -1.19. The largest absolute Gasteiger partial charge is 0.388 e. The number of benzene rings is 2. The zero-order valence-corrected chi connectivity index (χ0v) is 12.7. The zero-order valence-electron chi connectivity index (χ0n) is 11.1. The molecule has 1 aliphatic carbocycles. The van der Waals surface area contributed by atoms with E-state index < -0.39 is 6.10 Å². The molecule has 1 unspecified atom stereocenters. The quantitative estimate of drug-likeness (QED) is 0.884. The van der Waals surface area contributed by atoms with Crippen molar-refractivity contribution in [3.8, 4) is 0 Å². The first kappa shape index (κ1) is 13.8. The summed E-state index contributed by atoms with van der Waals surface area (Å²) < 4.78 is 13.9. The standard InChI is InChI=1S/C17H16BrFO/c18-15-7-6-14(10-16(15)19)17(20)9-11-4-5-12-2-1-3-13(12)8-11/h4-8,10,17,20H,1-3,9H2. The molecule has 2 aromatic rings. The van der Waals surface area contributed by atoms with Crippen molar-refractivity contribution >= 4 is 15.9 Å². The summed E-state index contributed by atoms with van der Waals surface area (Å²) in [6, 6.07) is 11.2. The minimum atomic E-state index is -0.669. The van der Waals surface area contributed by atoms with Crippen LogP contribution in [0, 0.1) is 5.82 Å². The van der Waals surface area contributed by atoms with Gasteiger partial charge in [0.15, 0.2) is 0 Å². The fourth-order valence-electron chi connectivity index (χ4n) is 2.81. The number of hydrogen-bond acceptors (Lipinski definition) is 1. The Kier molecular flexibility index (Phi) is 3.90. The summed E-state index contributed by atoms with van der Waals surface area (Å²) in [5.74, 6) is -0.337. The number of aryl methyl sites for hydroxylation is 2. The molecule has 0 fully saturated rings. The van der Waals surface area contributed by atoms with E-state index in [1.807, 2.05) is 0 Å². The molecule has 3 heteroatoms. The number of aliphatic hydroxyl groups is 1. The summed E-state index contributed by atoms with van der Waals surface area (Å²) >= 11 is 3.12. The van der Waals surface area contributed by atoms with Crippen LogP contribution in [-0.2, 0) is 19.3 Å². The van der Waals surface area contributed by atoms with Crippen LogP contribution in [0.5, 0.6) is 0 Å². The van der Waals surface area contributed by atoms with Gasteiger partial charge in [0.05, 0.1) is 10.6 Å². The number of fused-ring (bicyclic) bond motifs is 1. The lowest BCUT2D eigenvalue weighted by atomic mass is 9.98. The Balaban J connectivity index is 1.78. The maximum Gasteiger partial charge on any atom is 0.137 e. The third-order valence-corrected chi connectivity index (χ3v) is 4.56. The van der Waals surface area contributed by atoms with Crippen molar-refractivity contribution < 1.29 is 9.50 Å². The molecule has 0 bridgehead atoms. The van der Waals surface area contributed by atoms with Crippen LogP contribution in [-0.4, -0.2) is 5.11 Å². The number of halogens is 2. The predicted molar refractivity (Wildman–Crippen MR) is 81.2 cm³/mol. The average Bonchev–Trinajstić information content (AvgIpc) is 2.89. The first-order valence-corrected chi connectivity index (χ1v) is 7.66. The molecule has 1 atom stereocenters. The van der Waals surface area contributed by atoms with Gasteiger partial charge in [-0.3, -0.25) is 0 Å². The normalized spacial score (nSPS) is 15.2. The van der Waals surface area contributed by atoms with E-state index in [0.29, 0.717) is 16.5 Å². The van der Waals surface area contributed by atoms with E-state index in [9.17, 15) is 9.50 Å². The van der Waals surface area contributed by atoms with E-state index in [2.05, 4.69) is 34.1 Å². The molecular weight excluding hydrogens is 319 g/mol. The van der Waals surface area contributed by atoms with Gasteiger partial charge in [-0.05, 0) is 69.6 Å². The summed E-state index contributed by atoms with van der Waals surface area (Å²) in [7, 11) is 0. The van der Waals surface area contributed by atoms with Crippen LogP contribution in [0.3, 0.4) is 0 Å². The first-order chi connectivity index (χ1) is 9.63. The fraction of sp³-hybridized carbons (Fsp3) is 0.294. The summed E-state index contributed by atoms with van der Waals surface area (Å²) in [5.41, 5.74) is 4.56. The summed E-state index contributed by atoms with van der Waals surface area (Å²) in [6.45, 7) is 0. The van der Waals surface area contributed by atoms with Crippen LogP contribution in [0.4, 0.5) is 4.39 Å². The van der Waals surface area contributed by atoms with Crippen LogP contribution < -0.4 is 0 Å². The van der Waals surface area contributed by atoms with E-state index in [4.69, 9.17) is 0 Å². The minimum absolute atomic E-state index is 0.337. The molecule has 1 nitrogen and oxygen atoms in total. The highest BCUT2D eigenvalue weighted by molar-refractivity contribution is 9.10. The maximum atomic E-state index is 13.5. The SMILES string of the molecule is OC(Cc1ccc2c(c1)CCC2)c1ccc(Br)c(F)c1. The molecule has 104 valence electrons. The van der Waals surface area contributed by atoms with Crippen molar-refractivity contribution in [1.29, 1.82) is 0 Å². The van der Waals surface area contributed by atoms with Gasteiger partial charge in [0.2, 0.25) is 0 Å². The monoisotopic (exact) mass is 334 g/mol. The smallest absolute Gasteiger partial charge is 0.137 e. The molecule has 0 saturated heterocycles. The Morgan fingerprint density at radius 2 is 1.90 bits per heavy atom. The van der Waals surface area contributed by atoms with Crippen LogP contribution in [0.1, 0.15) is 34.8 Å². The molecule has 0 spiro atoms. The van der Waals surface area contributed by atoms with Crippen molar-refractivity contribution in [3.05, 3.63) is 68.9 Å². The van der Waals surface area contributed by atoms with E-state index >= 15 is 0 Å². The number of hydrogen-bond donors (Lipinski definition) is 1. The van der Waals surface area contributed by atoms with Gasteiger partial charge < -0.3 is 5.11 Å². The molecule has 3 rings (SSSR count). The number of aliphatic hydroxyl groups excluding tert-OH is 1. The second kappa shape index (κ2) is 5.66. The Labute approximate surface area is 126 Å². The highest BCUT2D eigenvalue weighted by Crippen LogP contribution is 2.26. The van der Waals surface area contributed by atoms with E-state index in [-0.39, 0.29) is 5.82 Å². The van der Waals surface area contributed by atoms with Crippen molar-refractivity contribution in [3.63, 3.8) is 0 Å². The molecule has 1 N–H and O–H groups in total. The van der Waals surface area contributed by atoms with Crippen molar-refractivity contribution in [2.45, 2.75) is 31.8 Å². The van der Waals surface area contributed by atoms with Gasteiger partial charge in [-0.2, -0.15) is 0 Å². The second-order valence-electron chi connectivity index (χ2n) is 5.35. The maximum absolute atomic E-state index is 13.5. The lowest BCUT2D eigenvalue weighted by molar-refractivity contribution is 0.178. The molecule has 0 saturated carbocycles. The topological polar surface area (TPSA) is 20.2 Å². The summed E-state index contributed by atoms with van der Waals surface area (Å²) in [6.07, 6.45) is 3.37. The molecule has 0 aromatic heterocycles. The van der Waals surface area contributed by atoms with Gasteiger partial charge in [-0.25, -0.2) is 4.39 Å². The third kappa shape index (κ3) is 2.79. The van der Waals surface area contributed by atoms with E-state index in [1.54, 1.807) is 12.1 Å². The van der Waals surface area contributed by atoms with E-state index in [1.165, 1.54) is 23.6 Å². The Morgan fingerprint density at radius 1 is 1.10 bits per heavy atom. The van der Waals surface area contributed by atoms with Crippen LogP contribution in [0.2, 0.25) is 0 Å². The summed E-state index contributed by atoms with van der Waals surface area (Å²) in [4.78, 5) is 0. The third-order valence-electron chi connectivity index (χ3n) is 3.92. The molecule has 0 amide bonds. The van der Waals surface area contributed by atoms with Gasteiger partial charge in [-0.1, -0.05) is 24.3 Å². The highest BCUT2D eigenvalue weighted by atomic mass is 79.9. The van der Waals surface area contributed by atoms with Gasteiger partial charge in [-0.15, -0.1) is 0 Å².